The summed E-state index contributed by atoms with van der Waals surface area (Å²) in [4.78, 5) is 12.3. The van der Waals surface area contributed by atoms with Crippen LogP contribution in [0.2, 0.25) is 0 Å². The van der Waals surface area contributed by atoms with Gasteiger partial charge in [-0.1, -0.05) is 6.07 Å². The van der Waals surface area contributed by atoms with Crippen LogP contribution in [0, 0.1) is 11.6 Å². The lowest BCUT2D eigenvalue weighted by Gasteiger charge is -2.15. The van der Waals surface area contributed by atoms with Crippen molar-refractivity contribution in [2.45, 2.75) is 6.42 Å². The van der Waals surface area contributed by atoms with Gasteiger partial charge in [0.05, 0.1) is 0 Å². The Bertz CT molecular complexity index is 382. The molecule has 0 aliphatic rings. The van der Waals surface area contributed by atoms with Crippen molar-refractivity contribution in [3.63, 3.8) is 0 Å². The molecule has 0 heterocycles. The number of amides is 1. The second kappa shape index (κ2) is 5.55. The zero-order chi connectivity index (χ0) is 12.1. The fourth-order valence-electron chi connectivity index (χ4n) is 1.26. The first-order valence-corrected chi connectivity index (χ1v) is 4.83. The van der Waals surface area contributed by atoms with Gasteiger partial charge in [-0.2, -0.15) is 0 Å². The Labute approximate surface area is 92.3 Å². The van der Waals surface area contributed by atoms with Gasteiger partial charge in [-0.25, -0.2) is 8.78 Å². The topological polar surface area (TPSA) is 40.5 Å². The second-order valence-corrected chi connectivity index (χ2v) is 3.46. The third kappa shape index (κ3) is 3.27. The predicted molar refractivity (Wildman–Crippen MR) is 54.8 cm³/mol. The minimum atomic E-state index is -0.624. The third-order valence-electron chi connectivity index (χ3n) is 2.29. The van der Waals surface area contributed by atoms with Crippen molar-refractivity contribution in [2.75, 3.05) is 20.2 Å². The van der Waals surface area contributed by atoms with Gasteiger partial charge >= 0.3 is 0 Å². The number of aliphatic hydroxyl groups is 1. The van der Waals surface area contributed by atoms with Gasteiger partial charge in [0.2, 0.25) is 5.91 Å². The summed E-state index contributed by atoms with van der Waals surface area (Å²) >= 11 is 0. The first-order valence-electron chi connectivity index (χ1n) is 4.83. The molecule has 0 aliphatic heterocycles. The molecular formula is C11H13F2NO2. The summed E-state index contributed by atoms with van der Waals surface area (Å²) in [6, 6.07) is 3.33. The van der Waals surface area contributed by atoms with Crippen LogP contribution in [0.25, 0.3) is 0 Å². The maximum Gasteiger partial charge on any atom is 0.248 e. The van der Waals surface area contributed by atoms with Crippen LogP contribution in [0.1, 0.15) is 5.56 Å². The van der Waals surface area contributed by atoms with Gasteiger partial charge in [0.15, 0.2) is 0 Å². The van der Waals surface area contributed by atoms with Crippen LogP contribution in [-0.4, -0.2) is 36.1 Å². The summed E-state index contributed by atoms with van der Waals surface area (Å²) in [5.74, 6) is -1.67. The van der Waals surface area contributed by atoms with E-state index in [1.807, 2.05) is 0 Å². The highest BCUT2D eigenvalue weighted by Crippen LogP contribution is 2.10. The number of benzene rings is 1. The molecule has 0 unspecified atom stereocenters. The highest BCUT2D eigenvalue weighted by atomic mass is 19.1. The highest BCUT2D eigenvalue weighted by Gasteiger charge is 2.09. The van der Waals surface area contributed by atoms with Crippen LogP contribution in [0.4, 0.5) is 8.78 Å². The summed E-state index contributed by atoms with van der Waals surface area (Å²) in [5, 5.41) is 8.58. The van der Waals surface area contributed by atoms with Crippen molar-refractivity contribution in [3.8, 4) is 0 Å². The Hall–Kier alpha value is -1.49. The lowest BCUT2D eigenvalue weighted by Crippen LogP contribution is -2.31. The number of halogens is 2. The normalized spacial score (nSPS) is 10.2. The number of likely N-dealkylation sites (N-methyl/N-ethyl adjacent to an activating group) is 1. The molecule has 0 atom stereocenters. The maximum absolute atomic E-state index is 13.2. The van der Waals surface area contributed by atoms with Crippen molar-refractivity contribution in [3.05, 3.63) is 35.4 Å². The molecular weight excluding hydrogens is 216 g/mol. The van der Waals surface area contributed by atoms with Gasteiger partial charge in [0.1, 0.15) is 18.2 Å². The van der Waals surface area contributed by atoms with Crippen molar-refractivity contribution in [1.29, 1.82) is 0 Å². The van der Waals surface area contributed by atoms with E-state index in [1.165, 1.54) is 24.1 Å². The predicted octanol–water partition coefficient (Wildman–Crippen LogP) is 0.958. The zero-order valence-electron chi connectivity index (χ0n) is 8.91. The summed E-state index contributed by atoms with van der Waals surface area (Å²) in [5.41, 5.74) is 0.346. The minimum absolute atomic E-state index is 0.280. The Kier molecular flexibility index (Phi) is 4.37. The van der Waals surface area contributed by atoms with Crippen molar-refractivity contribution in [2.24, 2.45) is 0 Å². The van der Waals surface area contributed by atoms with E-state index in [9.17, 15) is 13.6 Å². The molecule has 1 rings (SSSR count). The molecule has 5 heteroatoms. The van der Waals surface area contributed by atoms with Crippen LogP contribution in [0.3, 0.4) is 0 Å². The molecule has 1 amide bonds. The van der Waals surface area contributed by atoms with E-state index in [1.54, 1.807) is 0 Å². The standard InChI is InChI=1S/C11H13F2NO2/c1-14(11(16)7-15)5-4-8-2-3-9(12)6-10(8)13/h2-3,6,15H,4-5,7H2,1H3. The zero-order valence-corrected chi connectivity index (χ0v) is 8.91. The van der Waals surface area contributed by atoms with E-state index < -0.39 is 24.1 Å². The number of hydrogen-bond acceptors (Lipinski definition) is 2. The molecule has 1 N–H and O–H groups in total. The Morgan fingerprint density at radius 3 is 2.69 bits per heavy atom. The average Bonchev–Trinajstić information content (AvgIpc) is 2.26. The lowest BCUT2D eigenvalue weighted by atomic mass is 10.1. The first kappa shape index (κ1) is 12.6. The van der Waals surface area contributed by atoms with E-state index in [2.05, 4.69) is 0 Å². The number of nitrogens with zero attached hydrogens (tertiary/aromatic N) is 1. The monoisotopic (exact) mass is 229 g/mol. The van der Waals surface area contributed by atoms with E-state index in [-0.39, 0.29) is 13.0 Å². The highest BCUT2D eigenvalue weighted by molar-refractivity contribution is 5.76. The molecule has 1 aromatic rings. The summed E-state index contributed by atoms with van der Waals surface area (Å²) < 4.78 is 25.8. The van der Waals surface area contributed by atoms with Crippen LogP contribution in [0.5, 0.6) is 0 Å². The third-order valence-corrected chi connectivity index (χ3v) is 2.29. The van der Waals surface area contributed by atoms with Crippen LogP contribution in [0.15, 0.2) is 18.2 Å². The van der Waals surface area contributed by atoms with E-state index in [4.69, 9.17) is 5.11 Å². The molecule has 0 saturated heterocycles. The smallest absolute Gasteiger partial charge is 0.248 e. The van der Waals surface area contributed by atoms with Gasteiger partial charge < -0.3 is 10.0 Å². The van der Waals surface area contributed by atoms with E-state index >= 15 is 0 Å². The molecule has 0 radical (unpaired) electrons. The number of rotatable bonds is 4. The largest absolute Gasteiger partial charge is 0.387 e. The van der Waals surface area contributed by atoms with Crippen LogP contribution in [-0.2, 0) is 11.2 Å². The van der Waals surface area contributed by atoms with Gasteiger partial charge in [-0.05, 0) is 18.1 Å². The van der Waals surface area contributed by atoms with Crippen molar-refractivity contribution < 1.29 is 18.7 Å². The van der Waals surface area contributed by atoms with E-state index in [0.717, 1.165) is 6.07 Å². The summed E-state index contributed by atoms with van der Waals surface area (Å²) in [6.45, 7) is -0.287. The Balaban J connectivity index is 2.58. The fraction of sp³-hybridized carbons (Fsp3) is 0.364. The Morgan fingerprint density at radius 1 is 1.44 bits per heavy atom. The lowest BCUT2D eigenvalue weighted by molar-refractivity contribution is -0.132. The van der Waals surface area contributed by atoms with Crippen LogP contribution < -0.4 is 0 Å². The minimum Gasteiger partial charge on any atom is -0.387 e. The number of carbonyl (C=O) groups excluding carboxylic acids is 1. The average molecular weight is 229 g/mol. The molecule has 0 aromatic heterocycles. The summed E-state index contributed by atoms with van der Waals surface area (Å²) in [6.07, 6.45) is 0.286. The van der Waals surface area contributed by atoms with Gasteiger partial charge in [-0.15, -0.1) is 0 Å². The van der Waals surface area contributed by atoms with E-state index in [0.29, 0.717) is 5.56 Å². The molecule has 0 aliphatic carbocycles. The number of hydrogen-bond donors (Lipinski definition) is 1. The molecule has 88 valence electrons. The van der Waals surface area contributed by atoms with Crippen molar-refractivity contribution in [1.82, 2.24) is 4.90 Å². The molecule has 3 nitrogen and oxygen atoms in total. The second-order valence-electron chi connectivity index (χ2n) is 3.46. The SMILES string of the molecule is CN(CCc1ccc(F)cc1F)C(=O)CO. The molecule has 0 saturated carbocycles. The maximum atomic E-state index is 13.2. The number of aliphatic hydroxyl groups excluding tert-OH is 1. The molecule has 1 aromatic carbocycles. The van der Waals surface area contributed by atoms with Gasteiger partial charge in [0, 0.05) is 19.7 Å². The molecule has 16 heavy (non-hydrogen) atoms. The van der Waals surface area contributed by atoms with Gasteiger partial charge in [0.25, 0.3) is 0 Å². The first-order chi connectivity index (χ1) is 7.54. The molecule has 0 fully saturated rings. The fourth-order valence-corrected chi connectivity index (χ4v) is 1.26. The summed E-state index contributed by atoms with van der Waals surface area (Å²) in [7, 11) is 1.51. The molecule has 0 bridgehead atoms. The number of carbonyl (C=O) groups is 1. The quantitative estimate of drug-likeness (QED) is 0.835. The van der Waals surface area contributed by atoms with Crippen molar-refractivity contribution >= 4 is 5.91 Å². The van der Waals surface area contributed by atoms with Gasteiger partial charge in [-0.3, -0.25) is 4.79 Å². The molecule has 0 spiro atoms. The Morgan fingerprint density at radius 2 is 2.12 bits per heavy atom. The van der Waals surface area contributed by atoms with Crippen LogP contribution >= 0.6 is 0 Å².